The van der Waals surface area contributed by atoms with E-state index in [1.165, 1.54) is 12.8 Å². The molecule has 0 saturated carbocycles. The number of rotatable bonds is 3. The van der Waals surface area contributed by atoms with Gasteiger partial charge in [0.25, 0.3) is 0 Å². The topological polar surface area (TPSA) is 29.3 Å². The second-order valence-electron chi connectivity index (χ2n) is 5.16. The highest BCUT2D eigenvalue weighted by Crippen LogP contribution is 2.32. The van der Waals surface area contributed by atoms with Gasteiger partial charge in [0, 0.05) is 29.2 Å². The van der Waals surface area contributed by atoms with Crippen LogP contribution in [0.2, 0.25) is 10.0 Å². The van der Waals surface area contributed by atoms with Crippen molar-refractivity contribution < 1.29 is 0 Å². The fourth-order valence-electron chi connectivity index (χ4n) is 2.75. The lowest BCUT2D eigenvalue weighted by molar-refractivity contribution is 0.133. The quantitative estimate of drug-likeness (QED) is 0.918. The third-order valence-electron chi connectivity index (χ3n) is 3.67. The van der Waals surface area contributed by atoms with Gasteiger partial charge in [0.1, 0.15) is 0 Å². The van der Waals surface area contributed by atoms with E-state index in [4.69, 9.17) is 28.9 Å². The number of hydrogen-bond acceptors (Lipinski definition) is 2. The predicted octanol–water partition coefficient (Wildman–Crippen LogP) is 3.73. The minimum Gasteiger partial charge on any atom is -0.329 e. The molecular weight excluding hydrogens is 267 g/mol. The van der Waals surface area contributed by atoms with Gasteiger partial charge < -0.3 is 5.73 Å². The molecule has 0 spiro atoms. The number of nitrogens with zero attached hydrogens (tertiary/aromatic N) is 1. The molecular formula is C14H20Cl2N2. The summed E-state index contributed by atoms with van der Waals surface area (Å²) in [5, 5.41) is 1.48. The Balaban J connectivity index is 2.24. The summed E-state index contributed by atoms with van der Waals surface area (Å²) in [6, 6.07) is 5.80. The second kappa shape index (κ2) is 6.25. The summed E-state index contributed by atoms with van der Waals surface area (Å²) < 4.78 is 0. The number of nitrogens with two attached hydrogens (primary N) is 1. The number of benzene rings is 1. The van der Waals surface area contributed by atoms with Gasteiger partial charge in [-0.3, -0.25) is 4.90 Å². The van der Waals surface area contributed by atoms with Crippen molar-refractivity contribution >= 4 is 23.2 Å². The number of likely N-dealkylation sites (tertiary alicyclic amines) is 1. The van der Waals surface area contributed by atoms with E-state index in [2.05, 4.69) is 11.8 Å². The van der Waals surface area contributed by atoms with Crippen LogP contribution in [-0.4, -0.2) is 24.5 Å². The van der Waals surface area contributed by atoms with E-state index in [0.29, 0.717) is 6.54 Å². The lowest BCUT2D eigenvalue weighted by Crippen LogP contribution is -2.40. The van der Waals surface area contributed by atoms with E-state index in [1.54, 1.807) is 0 Å². The Bertz CT molecular complexity index is 409. The van der Waals surface area contributed by atoms with Crippen molar-refractivity contribution in [3.05, 3.63) is 33.8 Å². The SMILES string of the molecule is CC1CCCN(C(CN)c2cc(Cl)ccc2Cl)C1. The molecule has 1 fully saturated rings. The molecule has 0 amide bonds. The zero-order chi connectivity index (χ0) is 13.1. The summed E-state index contributed by atoms with van der Waals surface area (Å²) in [6.07, 6.45) is 2.53. The van der Waals surface area contributed by atoms with Crippen LogP contribution in [0.3, 0.4) is 0 Å². The first-order valence-electron chi connectivity index (χ1n) is 6.51. The van der Waals surface area contributed by atoms with E-state index < -0.39 is 0 Å². The summed E-state index contributed by atoms with van der Waals surface area (Å²) >= 11 is 12.4. The van der Waals surface area contributed by atoms with Crippen LogP contribution in [0, 0.1) is 5.92 Å². The molecule has 0 aromatic heterocycles. The summed E-state index contributed by atoms with van der Waals surface area (Å²) in [4.78, 5) is 2.44. The summed E-state index contributed by atoms with van der Waals surface area (Å²) in [7, 11) is 0. The van der Waals surface area contributed by atoms with Crippen molar-refractivity contribution in [2.45, 2.75) is 25.8 Å². The molecule has 2 atom stereocenters. The number of halogens is 2. The highest BCUT2D eigenvalue weighted by molar-refractivity contribution is 6.33. The van der Waals surface area contributed by atoms with Gasteiger partial charge in [-0.2, -0.15) is 0 Å². The fourth-order valence-corrected chi connectivity index (χ4v) is 3.18. The maximum absolute atomic E-state index is 6.28. The van der Waals surface area contributed by atoms with Crippen LogP contribution >= 0.6 is 23.2 Å². The van der Waals surface area contributed by atoms with Crippen molar-refractivity contribution in [1.82, 2.24) is 4.90 Å². The lowest BCUT2D eigenvalue weighted by Gasteiger charge is -2.37. The smallest absolute Gasteiger partial charge is 0.0485 e. The van der Waals surface area contributed by atoms with Gasteiger partial charge in [-0.25, -0.2) is 0 Å². The van der Waals surface area contributed by atoms with Gasteiger partial charge in [0.15, 0.2) is 0 Å². The molecule has 100 valence electrons. The third-order valence-corrected chi connectivity index (χ3v) is 4.25. The molecule has 1 aliphatic rings. The van der Waals surface area contributed by atoms with E-state index in [9.17, 15) is 0 Å². The Morgan fingerprint density at radius 2 is 2.22 bits per heavy atom. The first-order chi connectivity index (χ1) is 8.61. The van der Waals surface area contributed by atoms with Crippen molar-refractivity contribution in [3.63, 3.8) is 0 Å². The molecule has 1 saturated heterocycles. The Morgan fingerprint density at radius 1 is 1.44 bits per heavy atom. The van der Waals surface area contributed by atoms with E-state index in [1.807, 2.05) is 18.2 Å². The van der Waals surface area contributed by atoms with Gasteiger partial charge in [-0.1, -0.05) is 30.1 Å². The Kier molecular flexibility index (Phi) is 4.91. The van der Waals surface area contributed by atoms with Crippen LogP contribution in [0.4, 0.5) is 0 Å². The minimum atomic E-state index is 0.180. The van der Waals surface area contributed by atoms with Crippen molar-refractivity contribution in [1.29, 1.82) is 0 Å². The molecule has 0 bridgehead atoms. The minimum absolute atomic E-state index is 0.180. The number of hydrogen-bond donors (Lipinski definition) is 1. The summed E-state index contributed by atoms with van der Waals surface area (Å²) in [5.41, 5.74) is 7.01. The highest BCUT2D eigenvalue weighted by Gasteiger charge is 2.25. The summed E-state index contributed by atoms with van der Waals surface area (Å²) in [6.45, 7) is 5.05. The van der Waals surface area contributed by atoms with Gasteiger partial charge in [-0.05, 0) is 49.1 Å². The van der Waals surface area contributed by atoms with Crippen molar-refractivity contribution in [2.75, 3.05) is 19.6 Å². The van der Waals surface area contributed by atoms with E-state index in [-0.39, 0.29) is 6.04 Å². The fraction of sp³-hybridized carbons (Fsp3) is 0.571. The van der Waals surface area contributed by atoms with Crippen LogP contribution in [0.25, 0.3) is 0 Å². The van der Waals surface area contributed by atoms with Crippen LogP contribution in [0.1, 0.15) is 31.4 Å². The molecule has 2 nitrogen and oxygen atoms in total. The maximum atomic E-state index is 6.28. The zero-order valence-electron chi connectivity index (χ0n) is 10.7. The number of piperidine rings is 1. The first kappa shape index (κ1) is 14.1. The largest absolute Gasteiger partial charge is 0.329 e. The van der Waals surface area contributed by atoms with Gasteiger partial charge in [0.05, 0.1) is 0 Å². The second-order valence-corrected chi connectivity index (χ2v) is 6.00. The molecule has 1 heterocycles. The summed E-state index contributed by atoms with van der Waals surface area (Å²) in [5.74, 6) is 0.728. The van der Waals surface area contributed by atoms with Gasteiger partial charge >= 0.3 is 0 Å². The Labute approximate surface area is 119 Å². The molecule has 2 unspecified atom stereocenters. The van der Waals surface area contributed by atoms with Crippen molar-refractivity contribution in [3.8, 4) is 0 Å². The van der Waals surface area contributed by atoms with Gasteiger partial charge in [0.2, 0.25) is 0 Å². The van der Waals surface area contributed by atoms with E-state index in [0.717, 1.165) is 34.6 Å². The molecule has 0 radical (unpaired) electrons. The molecule has 4 heteroatoms. The third kappa shape index (κ3) is 3.18. The Hall–Kier alpha value is -0.280. The van der Waals surface area contributed by atoms with Gasteiger partial charge in [-0.15, -0.1) is 0 Å². The normalized spacial score (nSPS) is 23.0. The molecule has 0 aliphatic carbocycles. The molecule has 1 aromatic carbocycles. The molecule has 1 aromatic rings. The monoisotopic (exact) mass is 286 g/mol. The van der Waals surface area contributed by atoms with Crippen LogP contribution in [0.15, 0.2) is 18.2 Å². The standard InChI is InChI=1S/C14H20Cl2N2/c1-10-3-2-6-18(9-10)14(8-17)12-7-11(15)4-5-13(12)16/h4-5,7,10,14H,2-3,6,8-9,17H2,1H3. The maximum Gasteiger partial charge on any atom is 0.0485 e. The predicted molar refractivity (Wildman–Crippen MR) is 78.2 cm³/mol. The lowest BCUT2D eigenvalue weighted by atomic mass is 9.96. The molecule has 2 N–H and O–H groups in total. The van der Waals surface area contributed by atoms with Crippen LogP contribution in [0.5, 0.6) is 0 Å². The molecule has 2 rings (SSSR count). The van der Waals surface area contributed by atoms with Crippen LogP contribution < -0.4 is 5.73 Å². The highest BCUT2D eigenvalue weighted by atomic mass is 35.5. The van der Waals surface area contributed by atoms with Crippen molar-refractivity contribution in [2.24, 2.45) is 11.7 Å². The molecule has 1 aliphatic heterocycles. The average Bonchev–Trinajstić information content (AvgIpc) is 2.35. The molecule has 18 heavy (non-hydrogen) atoms. The first-order valence-corrected chi connectivity index (χ1v) is 7.26. The zero-order valence-corrected chi connectivity index (χ0v) is 12.2. The van der Waals surface area contributed by atoms with Crippen LogP contribution in [-0.2, 0) is 0 Å². The van der Waals surface area contributed by atoms with E-state index >= 15 is 0 Å². The average molecular weight is 287 g/mol. The Morgan fingerprint density at radius 3 is 2.89 bits per heavy atom.